The number of amides is 1. The van der Waals surface area contributed by atoms with E-state index in [-0.39, 0.29) is 0 Å². The predicted molar refractivity (Wildman–Crippen MR) is 58.3 cm³/mol. The Kier molecular flexibility index (Phi) is 7.33. The van der Waals surface area contributed by atoms with Gasteiger partial charge in [-0.3, -0.25) is 9.35 Å². The molecule has 0 rings (SSSR count). The van der Waals surface area contributed by atoms with Crippen molar-refractivity contribution in [2.24, 2.45) is 0 Å². The van der Waals surface area contributed by atoms with Gasteiger partial charge < -0.3 is 5.32 Å². The molecular formula is C9H19NO4S. The van der Waals surface area contributed by atoms with Crippen LogP contribution in [-0.4, -0.2) is 24.8 Å². The smallest absolute Gasteiger partial charge is 0.341 e. The second-order valence-corrected chi connectivity index (χ2v) is 4.78. The number of carbonyl (C=O) groups is 1. The predicted octanol–water partition coefficient (Wildman–Crippen LogP) is 1.94. The van der Waals surface area contributed by atoms with E-state index in [1.54, 1.807) is 0 Å². The van der Waals surface area contributed by atoms with Crippen LogP contribution in [-0.2, 0) is 10.1 Å². The summed E-state index contributed by atoms with van der Waals surface area (Å²) in [4.78, 5) is 10.7. The van der Waals surface area contributed by atoms with Gasteiger partial charge in [0.15, 0.2) is 0 Å². The number of carbonyl (C=O) groups excluding carboxylic acids is 1. The maximum Gasteiger partial charge on any atom is 0.363 e. The van der Waals surface area contributed by atoms with Gasteiger partial charge in [-0.1, -0.05) is 39.0 Å². The summed E-state index contributed by atoms with van der Waals surface area (Å²) >= 11 is 0. The fourth-order valence-corrected chi connectivity index (χ4v) is 1.47. The molecule has 0 aliphatic heterocycles. The van der Waals surface area contributed by atoms with E-state index in [1.165, 1.54) is 19.3 Å². The minimum Gasteiger partial charge on any atom is -0.341 e. The van der Waals surface area contributed by atoms with E-state index in [0.29, 0.717) is 6.54 Å². The van der Waals surface area contributed by atoms with E-state index in [4.69, 9.17) is 4.55 Å². The van der Waals surface area contributed by atoms with Crippen molar-refractivity contribution in [3.63, 3.8) is 0 Å². The summed E-state index contributed by atoms with van der Waals surface area (Å²) in [5.41, 5.74) is 0. The van der Waals surface area contributed by atoms with Crippen molar-refractivity contribution in [3.8, 4) is 0 Å². The average molecular weight is 237 g/mol. The number of unbranched alkanes of at least 4 members (excludes halogenated alkanes) is 5. The average Bonchev–Trinajstić information content (AvgIpc) is 2.14. The van der Waals surface area contributed by atoms with E-state index in [1.807, 2.05) is 0 Å². The topological polar surface area (TPSA) is 83.5 Å². The van der Waals surface area contributed by atoms with E-state index in [0.717, 1.165) is 19.3 Å². The second-order valence-electron chi connectivity index (χ2n) is 3.46. The number of rotatable bonds is 7. The lowest BCUT2D eigenvalue weighted by Crippen LogP contribution is -2.29. The van der Waals surface area contributed by atoms with Crippen LogP contribution in [0.25, 0.3) is 0 Å². The molecule has 5 nitrogen and oxygen atoms in total. The van der Waals surface area contributed by atoms with Gasteiger partial charge in [-0.05, 0) is 6.42 Å². The summed E-state index contributed by atoms with van der Waals surface area (Å²) < 4.78 is 28.9. The molecule has 0 aromatic heterocycles. The fraction of sp³-hybridized carbons (Fsp3) is 0.889. The molecule has 0 atom stereocenters. The molecule has 0 aromatic rings. The highest BCUT2D eigenvalue weighted by molar-refractivity contribution is 8.01. The van der Waals surface area contributed by atoms with Crippen molar-refractivity contribution in [1.82, 2.24) is 5.32 Å². The standard InChI is InChI=1S/C9H19NO4S/c1-2-3-4-5-6-7-8-10-9(11)15(12,13)14/h2-8H2,1H3,(H,10,11)(H,12,13,14). The van der Waals surface area contributed by atoms with Gasteiger partial charge in [0, 0.05) is 6.54 Å². The fourth-order valence-electron chi connectivity index (χ4n) is 1.19. The SMILES string of the molecule is CCCCCCCCNC(=O)S(=O)(=O)O. The summed E-state index contributed by atoms with van der Waals surface area (Å²) in [6.45, 7) is 2.43. The maximum absolute atomic E-state index is 10.7. The molecule has 90 valence electrons. The highest BCUT2D eigenvalue weighted by atomic mass is 32.2. The molecule has 0 bridgehead atoms. The zero-order valence-electron chi connectivity index (χ0n) is 9.03. The van der Waals surface area contributed by atoms with Crippen LogP contribution in [0, 0.1) is 0 Å². The van der Waals surface area contributed by atoms with Gasteiger partial charge in [0.25, 0.3) is 0 Å². The Bertz CT molecular complexity index is 274. The Balaban J connectivity index is 3.36. The van der Waals surface area contributed by atoms with Crippen LogP contribution in [0.2, 0.25) is 0 Å². The van der Waals surface area contributed by atoms with E-state index in [2.05, 4.69) is 12.2 Å². The first-order valence-corrected chi connectivity index (χ1v) is 6.67. The van der Waals surface area contributed by atoms with Crippen molar-refractivity contribution in [3.05, 3.63) is 0 Å². The Morgan fingerprint density at radius 3 is 2.20 bits per heavy atom. The Labute approximate surface area is 91.0 Å². The molecule has 0 aliphatic rings. The zero-order chi connectivity index (χ0) is 11.7. The largest absolute Gasteiger partial charge is 0.363 e. The zero-order valence-corrected chi connectivity index (χ0v) is 9.85. The van der Waals surface area contributed by atoms with Crippen LogP contribution >= 0.6 is 0 Å². The molecule has 0 fully saturated rings. The van der Waals surface area contributed by atoms with E-state index >= 15 is 0 Å². The van der Waals surface area contributed by atoms with Crippen LogP contribution in [0.5, 0.6) is 0 Å². The first-order valence-electron chi connectivity index (χ1n) is 5.23. The van der Waals surface area contributed by atoms with Crippen LogP contribution in [0.3, 0.4) is 0 Å². The molecule has 0 radical (unpaired) electrons. The minimum absolute atomic E-state index is 0.296. The molecule has 0 saturated heterocycles. The van der Waals surface area contributed by atoms with Gasteiger partial charge in [-0.15, -0.1) is 0 Å². The summed E-state index contributed by atoms with van der Waals surface area (Å²) in [5, 5.41) is 0.827. The van der Waals surface area contributed by atoms with Crippen LogP contribution in [0.15, 0.2) is 0 Å². The molecule has 2 N–H and O–H groups in total. The molecule has 0 heterocycles. The van der Waals surface area contributed by atoms with Gasteiger partial charge in [0.1, 0.15) is 0 Å². The number of hydrogen-bond acceptors (Lipinski definition) is 3. The van der Waals surface area contributed by atoms with Crippen molar-refractivity contribution in [2.45, 2.75) is 45.4 Å². The van der Waals surface area contributed by atoms with Crippen molar-refractivity contribution in [2.75, 3.05) is 6.54 Å². The van der Waals surface area contributed by atoms with Crippen molar-refractivity contribution in [1.29, 1.82) is 0 Å². The first-order chi connectivity index (χ1) is 6.98. The molecule has 1 amide bonds. The quantitative estimate of drug-likeness (QED) is 0.523. The third kappa shape index (κ3) is 8.38. The Morgan fingerprint density at radius 1 is 1.13 bits per heavy atom. The normalized spacial score (nSPS) is 11.3. The Morgan fingerprint density at radius 2 is 1.67 bits per heavy atom. The molecule has 0 aromatic carbocycles. The third-order valence-electron chi connectivity index (χ3n) is 2.03. The minimum atomic E-state index is -4.55. The molecule has 0 unspecified atom stereocenters. The van der Waals surface area contributed by atoms with Gasteiger partial charge >= 0.3 is 15.4 Å². The lowest BCUT2D eigenvalue weighted by Gasteiger charge is -2.02. The van der Waals surface area contributed by atoms with Gasteiger partial charge in [0.2, 0.25) is 0 Å². The van der Waals surface area contributed by atoms with Gasteiger partial charge in [-0.2, -0.15) is 8.42 Å². The molecule has 0 spiro atoms. The molecular weight excluding hydrogens is 218 g/mol. The number of hydrogen-bond donors (Lipinski definition) is 2. The first kappa shape index (κ1) is 14.4. The Hall–Kier alpha value is -0.620. The van der Waals surface area contributed by atoms with Crippen LogP contribution < -0.4 is 5.32 Å². The van der Waals surface area contributed by atoms with E-state index in [9.17, 15) is 13.2 Å². The lowest BCUT2D eigenvalue weighted by molar-refractivity contribution is 0.255. The van der Waals surface area contributed by atoms with Crippen LogP contribution in [0.4, 0.5) is 4.79 Å². The third-order valence-corrected chi connectivity index (χ3v) is 2.65. The summed E-state index contributed by atoms with van der Waals surface area (Å²) in [5.74, 6) is 0. The number of nitrogens with one attached hydrogen (secondary N) is 1. The molecule has 6 heteroatoms. The maximum atomic E-state index is 10.7. The van der Waals surface area contributed by atoms with Crippen molar-refractivity contribution < 1.29 is 17.8 Å². The van der Waals surface area contributed by atoms with Crippen molar-refractivity contribution >= 4 is 15.4 Å². The molecule has 15 heavy (non-hydrogen) atoms. The van der Waals surface area contributed by atoms with E-state index < -0.39 is 15.4 Å². The lowest BCUT2D eigenvalue weighted by atomic mass is 10.1. The molecule has 0 saturated carbocycles. The summed E-state index contributed by atoms with van der Waals surface area (Å²) in [7, 11) is -4.55. The summed E-state index contributed by atoms with van der Waals surface area (Å²) in [6, 6.07) is 0. The van der Waals surface area contributed by atoms with Gasteiger partial charge in [-0.25, -0.2) is 0 Å². The molecule has 0 aliphatic carbocycles. The van der Waals surface area contributed by atoms with Crippen LogP contribution in [0.1, 0.15) is 45.4 Å². The highest BCUT2D eigenvalue weighted by Gasteiger charge is 2.16. The van der Waals surface area contributed by atoms with Gasteiger partial charge in [0.05, 0.1) is 0 Å². The highest BCUT2D eigenvalue weighted by Crippen LogP contribution is 2.04. The second kappa shape index (κ2) is 7.64. The summed E-state index contributed by atoms with van der Waals surface area (Å²) in [6.07, 6.45) is 6.35. The monoisotopic (exact) mass is 237 g/mol.